The van der Waals surface area contributed by atoms with Crippen molar-refractivity contribution in [2.45, 2.75) is 46.6 Å². The number of carbonyl (C=O) groups is 2. The Labute approximate surface area is 173 Å². The van der Waals surface area contributed by atoms with E-state index >= 15 is 0 Å². The Morgan fingerprint density at radius 2 is 2.00 bits per heavy atom. The van der Waals surface area contributed by atoms with Crippen LogP contribution >= 0.6 is 11.6 Å². The predicted molar refractivity (Wildman–Crippen MR) is 111 cm³/mol. The van der Waals surface area contributed by atoms with E-state index < -0.39 is 0 Å². The fourth-order valence-electron chi connectivity index (χ4n) is 3.13. The molecule has 0 radical (unpaired) electrons. The van der Waals surface area contributed by atoms with E-state index in [2.05, 4.69) is 25.7 Å². The van der Waals surface area contributed by atoms with Gasteiger partial charge in [-0.1, -0.05) is 11.6 Å². The van der Waals surface area contributed by atoms with E-state index in [4.69, 9.17) is 11.6 Å². The van der Waals surface area contributed by atoms with Gasteiger partial charge in [0.15, 0.2) is 0 Å². The lowest BCUT2D eigenvalue weighted by Gasteiger charge is -2.14. The van der Waals surface area contributed by atoms with E-state index in [0.29, 0.717) is 28.5 Å². The largest absolute Gasteiger partial charge is 0.350 e. The van der Waals surface area contributed by atoms with Gasteiger partial charge in [-0.15, -0.1) is 0 Å². The molecule has 2 N–H and O–H groups in total. The maximum Gasteiger partial charge on any atom is 0.253 e. The van der Waals surface area contributed by atoms with Gasteiger partial charge in [-0.3, -0.25) is 9.59 Å². The van der Waals surface area contributed by atoms with E-state index in [9.17, 15) is 9.59 Å². The first-order valence-corrected chi connectivity index (χ1v) is 9.70. The monoisotopic (exact) mass is 414 g/mol. The summed E-state index contributed by atoms with van der Waals surface area (Å²) in [5.41, 5.74) is 3.42. The number of amides is 2. The molecule has 0 bridgehead atoms. The highest BCUT2D eigenvalue weighted by Gasteiger charge is 2.16. The van der Waals surface area contributed by atoms with Gasteiger partial charge < -0.3 is 10.6 Å². The Bertz CT molecular complexity index is 1080. The van der Waals surface area contributed by atoms with Crippen molar-refractivity contribution >= 4 is 34.9 Å². The third-order valence-corrected chi connectivity index (χ3v) is 4.75. The van der Waals surface area contributed by atoms with Crippen molar-refractivity contribution < 1.29 is 9.59 Å². The van der Waals surface area contributed by atoms with Crippen LogP contribution in [0.25, 0.3) is 5.78 Å². The normalized spacial score (nSPS) is 11.1. The molecule has 3 aromatic rings. The number of rotatable bonds is 6. The first kappa shape index (κ1) is 20.7. The van der Waals surface area contributed by atoms with E-state index in [1.54, 1.807) is 22.7 Å². The summed E-state index contributed by atoms with van der Waals surface area (Å²) in [6.07, 6.45) is 2.16. The predicted octanol–water partition coefficient (Wildman–Crippen LogP) is 3.10. The van der Waals surface area contributed by atoms with Crippen LogP contribution in [0.15, 0.2) is 24.5 Å². The number of carbonyl (C=O) groups excluding carboxylic acids is 2. The summed E-state index contributed by atoms with van der Waals surface area (Å²) in [7, 11) is 0. The minimum atomic E-state index is -0.264. The van der Waals surface area contributed by atoms with Crippen LogP contribution in [-0.4, -0.2) is 37.4 Å². The fraction of sp³-hybridized carbons (Fsp3) is 0.350. The SMILES string of the molecule is Cc1nc2ncnn2c(C)c1CCC(=O)Nc1cc(Cl)ccc1C(=O)NC(C)C. The molecule has 29 heavy (non-hydrogen) atoms. The summed E-state index contributed by atoms with van der Waals surface area (Å²) in [5, 5.41) is 10.2. The molecule has 0 fully saturated rings. The number of aromatic nitrogens is 4. The van der Waals surface area contributed by atoms with Crippen molar-refractivity contribution in [2.75, 3.05) is 5.32 Å². The van der Waals surface area contributed by atoms with E-state index in [0.717, 1.165) is 17.0 Å². The molecule has 0 aliphatic rings. The molecule has 0 saturated heterocycles. The van der Waals surface area contributed by atoms with Crippen LogP contribution in [0.2, 0.25) is 5.02 Å². The second-order valence-corrected chi connectivity index (χ2v) is 7.54. The zero-order valence-corrected chi connectivity index (χ0v) is 17.5. The van der Waals surface area contributed by atoms with Gasteiger partial charge in [0.05, 0.1) is 11.3 Å². The van der Waals surface area contributed by atoms with Crippen LogP contribution in [0.3, 0.4) is 0 Å². The van der Waals surface area contributed by atoms with Gasteiger partial charge in [0, 0.05) is 28.9 Å². The van der Waals surface area contributed by atoms with Crippen LogP contribution in [0.1, 0.15) is 47.6 Å². The molecule has 2 amide bonds. The highest BCUT2D eigenvalue weighted by Crippen LogP contribution is 2.22. The molecule has 0 spiro atoms. The molecule has 3 rings (SSSR count). The second kappa shape index (κ2) is 8.57. The van der Waals surface area contributed by atoms with Gasteiger partial charge in [0.25, 0.3) is 11.7 Å². The van der Waals surface area contributed by atoms with Crippen molar-refractivity contribution in [1.82, 2.24) is 24.9 Å². The van der Waals surface area contributed by atoms with Gasteiger partial charge in [-0.25, -0.2) is 9.50 Å². The molecular formula is C20H23ClN6O2. The van der Waals surface area contributed by atoms with Crippen molar-refractivity contribution in [3.05, 3.63) is 52.1 Å². The summed E-state index contributed by atoms with van der Waals surface area (Å²) < 4.78 is 1.66. The number of benzene rings is 1. The first-order chi connectivity index (χ1) is 13.8. The lowest BCUT2D eigenvalue weighted by molar-refractivity contribution is -0.116. The Kier molecular flexibility index (Phi) is 6.12. The fourth-order valence-corrected chi connectivity index (χ4v) is 3.30. The number of hydrogen-bond acceptors (Lipinski definition) is 5. The minimum absolute atomic E-state index is 0.0214. The topological polar surface area (TPSA) is 101 Å². The lowest BCUT2D eigenvalue weighted by atomic mass is 10.1. The summed E-state index contributed by atoms with van der Waals surface area (Å²) in [5.74, 6) is 0.0516. The Morgan fingerprint density at radius 1 is 1.24 bits per heavy atom. The maximum absolute atomic E-state index is 12.6. The molecule has 8 nitrogen and oxygen atoms in total. The van der Waals surface area contributed by atoms with Gasteiger partial charge in [-0.05, 0) is 57.9 Å². The van der Waals surface area contributed by atoms with Gasteiger partial charge >= 0.3 is 0 Å². The third-order valence-electron chi connectivity index (χ3n) is 4.51. The summed E-state index contributed by atoms with van der Waals surface area (Å²) >= 11 is 6.06. The molecule has 152 valence electrons. The summed E-state index contributed by atoms with van der Waals surface area (Å²) in [4.78, 5) is 33.5. The molecular weight excluding hydrogens is 392 g/mol. The van der Waals surface area contributed by atoms with Crippen LogP contribution in [-0.2, 0) is 11.2 Å². The Balaban J connectivity index is 1.75. The van der Waals surface area contributed by atoms with Crippen LogP contribution in [0.5, 0.6) is 0 Å². The van der Waals surface area contributed by atoms with Crippen molar-refractivity contribution in [1.29, 1.82) is 0 Å². The molecule has 1 aromatic carbocycles. The number of aryl methyl sites for hydroxylation is 2. The highest BCUT2D eigenvalue weighted by atomic mass is 35.5. The molecule has 2 aromatic heterocycles. The van der Waals surface area contributed by atoms with Crippen molar-refractivity contribution in [3.8, 4) is 0 Å². The number of nitrogens with one attached hydrogen (secondary N) is 2. The lowest BCUT2D eigenvalue weighted by Crippen LogP contribution is -2.31. The second-order valence-electron chi connectivity index (χ2n) is 7.10. The van der Waals surface area contributed by atoms with Crippen LogP contribution in [0, 0.1) is 13.8 Å². The highest BCUT2D eigenvalue weighted by molar-refractivity contribution is 6.31. The van der Waals surface area contributed by atoms with Gasteiger partial charge in [-0.2, -0.15) is 10.1 Å². The van der Waals surface area contributed by atoms with Gasteiger partial charge in [0.2, 0.25) is 5.91 Å². The van der Waals surface area contributed by atoms with Gasteiger partial charge in [0.1, 0.15) is 6.33 Å². The first-order valence-electron chi connectivity index (χ1n) is 9.32. The van der Waals surface area contributed by atoms with E-state index in [-0.39, 0.29) is 24.3 Å². The number of hydrogen-bond donors (Lipinski definition) is 2. The zero-order valence-electron chi connectivity index (χ0n) is 16.8. The average molecular weight is 415 g/mol. The van der Waals surface area contributed by atoms with Crippen LogP contribution < -0.4 is 10.6 Å². The van der Waals surface area contributed by atoms with Crippen molar-refractivity contribution in [2.24, 2.45) is 0 Å². The maximum atomic E-state index is 12.6. The molecule has 0 unspecified atom stereocenters. The van der Waals surface area contributed by atoms with E-state index in [1.165, 1.54) is 6.33 Å². The molecule has 0 aliphatic carbocycles. The van der Waals surface area contributed by atoms with Crippen LogP contribution in [0.4, 0.5) is 5.69 Å². The standard InChI is InChI=1S/C20H23ClN6O2/c1-11(2)24-19(29)16-6-5-14(21)9-17(16)26-18(28)8-7-15-12(3)25-20-22-10-23-27(20)13(15)4/h5-6,9-11H,7-8H2,1-4H3,(H,24,29)(H,26,28). The minimum Gasteiger partial charge on any atom is -0.350 e. The number of nitrogens with zero attached hydrogens (tertiary/aromatic N) is 4. The van der Waals surface area contributed by atoms with E-state index in [1.807, 2.05) is 27.7 Å². The third kappa shape index (κ3) is 4.71. The smallest absolute Gasteiger partial charge is 0.253 e. The molecule has 0 atom stereocenters. The molecule has 0 saturated carbocycles. The number of fused-ring (bicyclic) bond motifs is 1. The summed E-state index contributed by atoms with van der Waals surface area (Å²) in [6, 6.07) is 4.78. The number of halogens is 1. The average Bonchev–Trinajstić information content (AvgIpc) is 3.09. The van der Waals surface area contributed by atoms with Crippen molar-refractivity contribution in [3.63, 3.8) is 0 Å². The molecule has 2 heterocycles. The quantitative estimate of drug-likeness (QED) is 0.645. The zero-order chi connectivity index (χ0) is 21.1. The Morgan fingerprint density at radius 3 is 2.72 bits per heavy atom. The number of anilines is 1. The molecule has 9 heteroatoms. The molecule has 0 aliphatic heterocycles. The summed E-state index contributed by atoms with van der Waals surface area (Å²) in [6.45, 7) is 7.56. The Hall–Kier alpha value is -3.00.